The van der Waals surface area contributed by atoms with Gasteiger partial charge in [-0.15, -0.1) is 0 Å². The molecule has 82 valence electrons. The number of hydrogen-bond acceptors (Lipinski definition) is 2. The monoisotopic (exact) mass is 216 g/mol. The highest BCUT2D eigenvalue weighted by atomic mass is 35.5. The number of hydrogen-bond donors (Lipinski definition) is 1. The molecule has 0 radical (unpaired) electrons. The maximum absolute atomic E-state index is 5.67. The lowest BCUT2D eigenvalue weighted by atomic mass is 10.1. The van der Waals surface area contributed by atoms with Gasteiger partial charge in [0.25, 0.3) is 0 Å². The maximum Gasteiger partial charge on any atom is 0.0201 e. The molecule has 1 heterocycles. The summed E-state index contributed by atoms with van der Waals surface area (Å²) in [5.41, 5.74) is 2.93. The van der Waals surface area contributed by atoms with Crippen molar-refractivity contribution in [2.24, 2.45) is 0 Å². The summed E-state index contributed by atoms with van der Waals surface area (Å²) in [5.74, 6) is 0. The minimum Gasteiger partial charge on any atom is -0.317 e. The number of rotatable bonds is 3. The quantitative estimate of drug-likeness (QED) is 0.778. The Balaban J connectivity index is 2.37. The molecule has 1 fully saturated rings. The van der Waals surface area contributed by atoms with Crippen molar-refractivity contribution >= 4 is 11.6 Å². The summed E-state index contributed by atoms with van der Waals surface area (Å²) in [4.78, 5) is 2.42. The summed E-state index contributed by atoms with van der Waals surface area (Å²) in [6, 6.07) is 0.719. The number of nitrogens with zero attached hydrogens (tertiary/aromatic N) is 1. The smallest absolute Gasteiger partial charge is 0.0201 e. The zero-order valence-corrected chi connectivity index (χ0v) is 9.98. The van der Waals surface area contributed by atoms with Crippen LogP contribution in [0.2, 0.25) is 0 Å². The van der Waals surface area contributed by atoms with E-state index in [0.29, 0.717) is 0 Å². The van der Waals surface area contributed by atoms with Gasteiger partial charge in [0.1, 0.15) is 0 Å². The first-order valence-corrected chi connectivity index (χ1v) is 5.84. The van der Waals surface area contributed by atoms with Crippen LogP contribution in [0.5, 0.6) is 0 Å². The van der Waals surface area contributed by atoms with Gasteiger partial charge < -0.3 is 5.32 Å². The molecular formula is C11H21ClN2. The molecule has 0 spiro atoms. The lowest BCUT2D eigenvalue weighted by Gasteiger charge is -2.26. The molecule has 14 heavy (non-hydrogen) atoms. The molecule has 1 unspecified atom stereocenters. The van der Waals surface area contributed by atoms with Crippen LogP contribution in [0.1, 0.15) is 26.2 Å². The van der Waals surface area contributed by atoms with Crippen LogP contribution in [0, 0.1) is 0 Å². The van der Waals surface area contributed by atoms with E-state index in [4.69, 9.17) is 11.6 Å². The lowest BCUT2D eigenvalue weighted by Crippen LogP contribution is -2.33. The van der Waals surface area contributed by atoms with Crippen LogP contribution >= 0.6 is 11.6 Å². The van der Waals surface area contributed by atoms with Gasteiger partial charge in [0.05, 0.1) is 0 Å². The molecule has 1 N–H and O–H groups in total. The van der Waals surface area contributed by atoms with Gasteiger partial charge in [-0.25, -0.2) is 0 Å². The van der Waals surface area contributed by atoms with Crippen LogP contribution < -0.4 is 5.32 Å². The van der Waals surface area contributed by atoms with Crippen LogP contribution in [-0.4, -0.2) is 37.6 Å². The summed E-state index contributed by atoms with van der Waals surface area (Å²) < 4.78 is 0. The fourth-order valence-corrected chi connectivity index (χ4v) is 2.07. The van der Waals surface area contributed by atoms with E-state index in [1.807, 2.05) is 0 Å². The Morgan fingerprint density at radius 1 is 1.50 bits per heavy atom. The van der Waals surface area contributed by atoms with Crippen LogP contribution in [0.15, 0.2) is 11.1 Å². The third kappa shape index (κ3) is 3.99. The minimum atomic E-state index is 0.719. The second-order valence-corrected chi connectivity index (χ2v) is 4.42. The predicted octanol–water partition coefficient (Wildman–Crippen LogP) is 2.20. The highest BCUT2D eigenvalue weighted by Crippen LogP contribution is 2.13. The van der Waals surface area contributed by atoms with Crippen molar-refractivity contribution in [2.75, 3.05) is 26.7 Å². The zero-order valence-electron chi connectivity index (χ0n) is 9.22. The molecule has 1 atom stereocenters. The Morgan fingerprint density at radius 3 is 3.00 bits per heavy atom. The fourth-order valence-electron chi connectivity index (χ4n) is 2.00. The molecule has 1 aliphatic heterocycles. The Bertz CT molecular complexity index is 184. The summed E-state index contributed by atoms with van der Waals surface area (Å²) in [6.07, 6.45) is 3.85. The maximum atomic E-state index is 5.67. The van der Waals surface area contributed by atoms with Crippen molar-refractivity contribution in [2.45, 2.75) is 32.2 Å². The van der Waals surface area contributed by atoms with E-state index in [-0.39, 0.29) is 0 Å². The Morgan fingerprint density at radius 2 is 2.29 bits per heavy atom. The molecule has 1 saturated heterocycles. The van der Waals surface area contributed by atoms with Gasteiger partial charge in [0, 0.05) is 18.1 Å². The number of likely N-dealkylation sites (N-methyl/N-ethyl adjacent to an activating group) is 1. The highest BCUT2D eigenvalue weighted by Gasteiger charge is 2.16. The third-order valence-electron chi connectivity index (χ3n) is 2.85. The van der Waals surface area contributed by atoms with E-state index in [1.54, 1.807) is 5.54 Å². The van der Waals surface area contributed by atoms with E-state index >= 15 is 0 Å². The molecule has 0 aromatic heterocycles. The standard InChI is InChI=1S/C11H21ClN2/c1-10(8-12)9-14(2)11-4-3-6-13-7-5-11/h8,11,13H,3-7,9H2,1-2H3/b10-8+. The third-order valence-corrected chi connectivity index (χ3v) is 3.23. The topological polar surface area (TPSA) is 15.3 Å². The Kier molecular flexibility index (Phi) is 5.53. The van der Waals surface area contributed by atoms with Gasteiger partial charge in [-0.1, -0.05) is 11.6 Å². The number of nitrogens with one attached hydrogen (secondary N) is 1. The van der Waals surface area contributed by atoms with Gasteiger partial charge in [-0.05, 0) is 51.9 Å². The van der Waals surface area contributed by atoms with Crippen LogP contribution in [0.4, 0.5) is 0 Å². The Labute approximate surface area is 92.3 Å². The van der Waals surface area contributed by atoms with Gasteiger partial charge in [0.15, 0.2) is 0 Å². The number of halogens is 1. The van der Waals surface area contributed by atoms with Gasteiger partial charge >= 0.3 is 0 Å². The fraction of sp³-hybridized carbons (Fsp3) is 0.818. The molecule has 1 aliphatic rings. The van der Waals surface area contributed by atoms with Crippen LogP contribution in [0.25, 0.3) is 0 Å². The average Bonchev–Trinajstić information content (AvgIpc) is 2.45. The van der Waals surface area contributed by atoms with Crippen molar-refractivity contribution in [3.63, 3.8) is 0 Å². The second-order valence-electron chi connectivity index (χ2n) is 4.21. The Hall–Kier alpha value is -0.0500. The first-order chi connectivity index (χ1) is 6.74. The minimum absolute atomic E-state index is 0.719. The SMILES string of the molecule is C/C(=C\Cl)CN(C)C1CCCNCC1. The van der Waals surface area contributed by atoms with Crippen molar-refractivity contribution < 1.29 is 0 Å². The molecule has 2 nitrogen and oxygen atoms in total. The van der Waals surface area contributed by atoms with Crippen molar-refractivity contribution in [3.8, 4) is 0 Å². The lowest BCUT2D eigenvalue weighted by molar-refractivity contribution is 0.242. The summed E-state index contributed by atoms with van der Waals surface area (Å²) in [6.45, 7) is 5.40. The van der Waals surface area contributed by atoms with E-state index < -0.39 is 0 Å². The second kappa shape index (κ2) is 6.44. The molecule has 0 aliphatic carbocycles. The van der Waals surface area contributed by atoms with Crippen molar-refractivity contribution in [3.05, 3.63) is 11.1 Å². The van der Waals surface area contributed by atoms with E-state index in [1.165, 1.54) is 31.4 Å². The van der Waals surface area contributed by atoms with Gasteiger partial charge in [-0.3, -0.25) is 4.90 Å². The van der Waals surface area contributed by atoms with Crippen LogP contribution in [0.3, 0.4) is 0 Å². The summed E-state index contributed by atoms with van der Waals surface area (Å²) in [5, 5.41) is 3.43. The van der Waals surface area contributed by atoms with E-state index in [0.717, 1.165) is 19.1 Å². The normalized spacial score (nSPS) is 25.1. The first kappa shape index (κ1) is 12.0. The van der Waals surface area contributed by atoms with E-state index in [2.05, 4.69) is 24.2 Å². The molecular weight excluding hydrogens is 196 g/mol. The molecule has 0 bridgehead atoms. The summed E-state index contributed by atoms with van der Waals surface area (Å²) >= 11 is 5.67. The molecule has 0 aromatic rings. The zero-order chi connectivity index (χ0) is 10.4. The first-order valence-electron chi connectivity index (χ1n) is 5.41. The van der Waals surface area contributed by atoms with Crippen LogP contribution in [-0.2, 0) is 0 Å². The van der Waals surface area contributed by atoms with E-state index in [9.17, 15) is 0 Å². The largest absolute Gasteiger partial charge is 0.317 e. The molecule has 1 rings (SSSR count). The highest BCUT2D eigenvalue weighted by molar-refractivity contribution is 6.25. The van der Waals surface area contributed by atoms with Crippen molar-refractivity contribution in [1.29, 1.82) is 0 Å². The molecule has 0 aromatic carbocycles. The average molecular weight is 217 g/mol. The predicted molar refractivity (Wildman–Crippen MR) is 62.7 cm³/mol. The molecule has 0 amide bonds. The molecule has 0 saturated carbocycles. The van der Waals surface area contributed by atoms with Crippen molar-refractivity contribution in [1.82, 2.24) is 10.2 Å². The molecule has 3 heteroatoms. The van der Waals surface area contributed by atoms with Gasteiger partial charge in [0.2, 0.25) is 0 Å². The summed E-state index contributed by atoms with van der Waals surface area (Å²) in [7, 11) is 2.19. The van der Waals surface area contributed by atoms with Gasteiger partial charge in [-0.2, -0.15) is 0 Å².